The molecule has 0 radical (unpaired) electrons. The molecule has 2 aromatic rings. The van der Waals surface area contributed by atoms with Gasteiger partial charge in [-0.25, -0.2) is 14.4 Å². The zero-order chi connectivity index (χ0) is 43.9. The minimum Gasteiger partial charge on any atom is -0.454 e. The third-order valence-electron chi connectivity index (χ3n) is 13.5. The number of amides is 1. The van der Waals surface area contributed by atoms with Crippen molar-refractivity contribution in [3.05, 3.63) is 82.9 Å². The Kier molecular flexibility index (Phi) is 10.8. The number of ether oxygens (including phenoxy) is 6. The monoisotopic (exact) mass is 835 g/mol. The number of rotatable bonds is 8. The van der Waals surface area contributed by atoms with E-state index in [9.17, 15) is 44.4 Å². The van der Waals surface area contributed by atoms with Crippen molar-refractivity contribution in [2.75, 3.05) is 6.61 Å². The number of aliphatic hydroxyl groups is 4. The summed E-state index contributed by atoms with van der Waals surface area (Å²) in [7, 11) is 0. The first-order valence-electron chi connectivity index (χ1n) is 20.0. The molecule has 2 unspecified atom stereocenters. The Morgan fingerprint density at radius 3 is 2.12 bits per heavy atom. The van der Waals surface area contributed by atoms with Gasteiger partial charge in [0.1, 0.15) is 12.2 Å². The van der Waals surface area contributed by atoms with E-state index in [1.54, 1.807) is 83.1 Å². The molecule has 16 heteroatoms. The number of benzene rings is 2. The van der Waals surface area contributed by atoms with Gasteiger partial charge < -0.3 is 54.2 Å². The summed E-state index contributed by atoms with van der Waals surface area (Å²) in [6, 6.07) is 14.8. The molecule has 2 aliphatic heterocycles. The van der Waals surface area contributed by atoms with Crippen molar-refractivity contribution in [1.29, 1.82) is 0 Å². The van der Waals surface area contributed by atoms with Gasteiger partial charge in [-0.1, -0.05) is 90.1 Å². The van der Waals surface area contributed by atoms with Crippen molar-refractivity contribution in [1.82, 2.24) is 5.32 Å². The van der Waals surface area contributed by atoms with Crippen molar-refractivity contribution in [2.24, 2.45) is 22.2 Å². The van der Waals surface area contributed by atoms with E-state index in [1.807, 2.05) is 0 Å². The normalized spacial score (nSPS) is 36.2. The Morgan fingerprint density at radius 2 is 1.55 bits per heavy atom. The van der Waals surface area contributed by atoms with E-state index in [0.717, 1.165) is 6.92 Å². The van der Waals surface area contributed by atoms with E-state index < -0.39 is 118 Å². The molecule has 7 rings (SSSR count). The Balaban J connectivity index is 1.43. The van der Waals surface area contributed by atoms with Gasteiger partial charge >= 0.3 is 24.1 Å². The molecule has 5 N–H and O–H groups in total. The summed E-state index contributed by atoms with van der Waals surface area (Å²) in [5.41, 5.74) is -7.97. The van der Waals surface area contributed by atoms with E-state index in [-0.39, 0.29) is 29.7 Å². The van der Waals surface area contributed by atoms with Crippen molar-refractivity contribution < 1.29 is 72.8 Å². The maximum absolute atomic E-state index is 14.4. The van der Waals surface area contributed by atoms with Crippen LogP contribution in [-0.2, 0) is 42.8 Å². The van der Waals surface area contributed by atoms with E-state index in [1.165, 1.54) is 26.0 Å². The third kappa shape index (κ3) is 6.41. The van der Waals surface area contributed by atoms with Crippen LogP contribution in [0.15, 0.2) is 71.8 Å². The molecule has 2 heterocycles. The van der Waals surface area contributed by atoms with Crippen LogP contribution < -0.4 is 5.32 Å². The Hall–Kier alpha value is -4.87. The summed E-state index contributed by atoms with van der Waals surface area (Å²) >= 11 is 0. The lowest BCUT2D eigenvalue weighted by molar-refractivity contribution is -0.364. The molecule has 5 aliphatic rings. The van der Waals surface area contributed by atoms with Crippen LogP contribution in [-0.4, -0.2) is 117 Å². The lowest BCUT2D eigenvalue weighted by atomic mass is 9.44. The molecular weight excluding hydrogens is 782 g/mol. The van der Waals surface area contributed by atoms with Crippen LogP contribution in [0, 0.1) is 22.2 Å². The van der Waals surface area contributed by atoms with Gasteiger partial charge in [0.25, 0.3) is 0 Å². The standard InChI is InChI=1S/C44H53NO15/c1-21-27-29(48)33(50)42(8)25(47)19-26-43(20-55-26,59-22(2)46)32(42)35(57-36(51)24-17-13-10-14-18-24)44(41(27,6)7)34(58-39(54)60-44)31(21)56-37(52)30(49)28(23-15-11-9-12-16-23)45-38(53)40(3,4)5/h9-18,25-26,28-35,47-50H,19-20H2,1-8H3,(H,45,53)/t25-,26+,28-,29+,30+,31+,32?,33+,34-,35?,42+,43-,44+/m0/s1. The molecule has 1 spiro atoms. The molecule has 2 saturated carbocycles. The predicted octanol–water partition coefficient (Wildman–Crippen LogP) is 2.84. The highest BCUT2D eigenvalue weighted by Crippen LogP contribution is 2.67. The van der Waals surface area contributed by atoms with Crippen LogP contribution in [0.2, 0.25) is 0 Å². The van der Waals surface area contributed by atoms with Gasteiger partial charge in [0, 0.05) is 29.6 Å². The van der Waals surface area contributed by atoms with Gasteiger partial charge in [0.05, 0.1) is 36.3 Å². The summed E-state index contributed by atoms with van der Waals surface area (Å²) in [4.78, 5) is 68.9. The smallest absolute Gasteiger partial charge is 0.454 e. The number of carbonyl (C=O) groups is 5. The molecule has 3 aliphatic carbocycles. The lowest BCUT2D eigenvalue weighted by Gasteiger charge is -2.68. The number of nitrogens with one attached hydrogen (secondary N) is 1. The van der Waals surface area contributed by atoms with Gasteiger partial charge in [0.2, 0.25) is 11.5 Å². The maximum atomic E-state index is 14.4. The number of fused-ring (bicyclic) bond motifs is 4. The number of carbonyl (C=O) groups excluding carboxylic acids is 5. The Bertz CT molecular complexity index is 2080. The van der Waals surface area contributed by atoms with E-state index in [2.05, 4.69) is 5.32 Å². The minimum atomic E-state index is -2.28. The number of esters is 3. The largest absolute Gasteiger partial charge is 0.509 e. The summed E-state index contributed by atoms with van der Waals surface area (Å²) in [6.45, 7) is 12.0. The second-order valence-electron chi connectivity index (χ2n) is 18.3. The van der Waals surface area contributed by atoms with Crippen LogP contribution in [0.3, 0.4) is 0 Å². The van der Waals surface area contributed by atoms with Crippen molar-refractivity contribution in [2.45, 2.75) is 128 Å². The Labute approximate surface area is 347 Å². The molecule has 1 amide bonds. The quantitative estimate of drug-likeness (QED) is 0.146. The van der Waals surface area contributed by atoms with E-state index in [4.69, 9.17) is 28.4 Å². The molecule has 16 nitrogen and oxygen atoms in total. The third-order valence-corrected chi connectivity index (χ3v) is 13.5. The summed E-state index contributed by atoms with van der Waals surface area (Å²) in [5, 5.41) is 51.5. The average molecular weight is 836 g/mol. The summed E-state index contributed by atoms with van der Waals surface area (Å²) in [5.74, 6) is -4.96. The van der Waals surface area contributed by atoms with Gasteiger partial charge in [-0.05, 0) is 35.8 Å². The molecule has 324 valence electrons. The fourth-order valence-electron chi connectivity index (χ4n) is 10.4. The fraction of sp³-hybridized carbons (Fsp3) is 0.568. The average Bonchev–Trinajstić information content (AvgIpc) is 3.56. The van der Waals surface area contributed by atoms with Crippen LogP contribution in [0.4, 0.5) is 4.79 Å². The van der Waals surface area contributed by atoms with E-state index in [0.29, 0.717) is 5.56 Å². The zero-order valence-corrected chi connectivity index (χ0v) is 34.7. The molecule has 0 aromatic heterocycles. The highest BCUT2D eigenvalue weighted by Gasteiger charge is 2.82. The van der Waals surface area contributed by atoms with Crippen molar-refractivity contribution in [3.63, 3.8) is 0 Å². The van der Waals surface area contributed by atoms with Gasteiger partial charge in [-0.15, -0.1) is 0 Å². The van der Waals surface area contributed by atoms with Gasteiger partial charge in [0.15, 0.2) is 30.0 Å². The molecule has 60 heavy (non-hydrogen) atoms. The molecular formula is C44H53NO15. The van der Waals surface area contributed by atoms with Crippen LogP contribution >= 0.6 is 0 Å². The van der Waals surface area contributed by atoms with Crippen LogP contribution in [0.5, 0.6) is 0 Å². The molecule has 4 fully saturated rings. The Morgan fingerprint density at radius 1 is 0.933 bits per heavy atom. The first-order chi connectivity index (χ1) is 28.0. The molecule has 13 atom stereocenters. The van der Waals surface area contributed by atoms with Crippen molar-refractivity contribution in [3.8, 4) is 0 Å². The predicted molar refractivity (Wildman–Crippen MR) is 207 cm³/mol. The first-order valence-corrected chi connectivity index (χ1v) is 20.0. The number of hydrogen-bond donors (Lipinski definition) is 5. The SMILES string of the molecule is CC(=O)O[C@@]12CO[C@@H]1C[C@H](O)[C@]1(C)C2C(OC(=O)c2ccccc2)[C@]23OC(=O)O[C@H]2[C@H](OC(=O)[C@H](O)[C@@H](NC(=O)C(C)(C)C)c2ccccc2)C(C)=C([C@@H](O)[C@H]1O)C3(C)C. The van der Waals surface area contributed by atoms with Crippen LogP contribution in [0.25, 0.3) is 0 Å². The van der Waals surface area contributed by atoms with Crippen LogP contribution in [0.1, 0.15) is 83.8 Å². The second-order valence-corrected chi connectivity index (χ2v) is 18.3. The number of aliphatic hydroxyl groups excluding tert-OH is 4. The van der Waals surface area contributed by atoms with Crippen molar-refractivity contribution >= 4 is 30.0 Å². The highest BCUT2D eigenvalue weighted by molar-refractivity contribution is 5.89. The molecule has 2 saturated heterocycles. The topological polar surface area (TPSA) is 234 Å². The second kappa shape index (κ2) is 14.9. The van der Waals surface area contributed by atoms with Gasteiger partial charge in [-0.2, -0.15) is 0 Å². The van der Waals surface area contributed by atoms with Gasteiger partial charge in [-0.3, -0.25) is 9.59 Å². The zero-order valence-electron chi connectivity index (χ0n) is 34.7. The highest BCUT2D eigenvalue weighted by atomic mass is 16.8. The van der Waals surface area contributed by atoms with E-state index >= 15 is 0 Å². The number of hydrogen-bond acceptors (Lipinski definition) is 15. The summed E-state index contributed by atoms with van der Waals surface area (Å²) in [6.07, 6.45) is -15.0. The molecule has 2 bridgehead atoms. The lowest BCUT2D eigenvalue weighted by Crippen LogP contribution is -2.83. The first kappa shape index (κ1) is 43.2. The maximum Gasteiger partial charge on any atom is 0.509 e. The summed E-state index contributed by atoms with van der Waals surface area (Å²) < 4.78 is 36.9. The molecule has 2 aromatic carbocycles. The minimum absolute atomic E-state index is 0.00126. The fourth-order valence-corrected chi connectivity index (χ4v) is 10.4.